The molecule has 33 heteroatoms. The van der Waals surface area contributed by atoms with E-state index >= 15 is 0 Å². The topological polar surface area (TPSA) is 378 Å². The highest BCUT2D eigenvalue weighted by molar-refractivity contribution is 5.94. The van der Waals surface area contributed by atoms with Gasteiger partial charge in [-0.05, 0) is 112 Å². The molecule has 1 aliphatic rings. The third kappa shape index (κ3) is 35.4. The van der Waals surface area contributed by atoms with E-state index in [1.54, 1.807) is 83.8 Å². The molecule has 2 aromatic heterocycles. The number of nitriles is 3. The third-order valence-electron chi connectivity index (χ3n) is 13.5. The largest absolute Gasteiger partial charge is 0.442 e. The number of carbonyl (C=O) groups excluding carboxylic acids is 3. The van der Waals surface area contributed by atoms with Crippen LogP contribution in [0, 0.1) is 69.5 Å². The second-order valence-electron chi connectivity index (χ2n) is 21.7. The number of urea groups is 1. The average Bonchev–Trinajstić information content (AvgIpc) is 1.58. The first-order chi connectivity index (χ1) is 50.7. The molecule has 0 bridgehead atoms. The van der Waals surface area contributed by atoms with Crippen LogP contribution in [0.25, 0.3) is 11.4 Å². The number of amides is 4. The van der Waals surface area contributed by atoms with Crippen molar-refractivity contribution in [2.24, 2.45) is 16.0 Å². The lowest BCUT2D eigenvalue weighted by atomic mass is 10.0. The standard InChI is InChI=1S/C35H54N6O11.C21H12F3N7O.C15H18N4O/c36-8-1-2-32-3-5-34(6-4-32)41-30-33(39-40-41)31-52-29-28-51-27-26-50-23-20-46-17-14-43-11-7-35(42)38-10-13-45-16-19-48-22-25-49-24-21-47-18-15-44-12-9-37;22-21(23,24)20(28-29-20)16-7-5-15(6-8-16)19(32)26-12-17-13-31(30-27-17)18-9-3-14(4-10-18)2-1-11-25;1-19(2)12-4-11-17-15(20)18-14-8-6-13(7-9-14)5-3-10-16/h3-6,30H,7,9-29,31,37H2,(H,38,42);3-10,13H,12H2,(H,26,32);6-9H,4,11-12H2,1-2H3,(H2,17,18,20). The molecule has 7 rings (SSSR count). The molecule has 4 amide bonds. The summed E-state index contributed by atoms with van der Waals surface area (Å²) in [6.07, 6.45) is -0.0247. The predicted molar refractivity (Wildman–Crippen MR) is 371 cm³/mol. The van der Waals surface area contributed by atoms with Crippen LogP contribution in [0.5, 0.6) is 0 Å². The maximum absolute atomic E-state index is 13.0. The number of alkyl halides is 3. The first kappa shape index (κ1) is 84.1. The van der Waals surface area contributed by atoms with Crippen molar-refractivity contribution in [2.75, 3.05) is 171 Å². The fourth-order valence-electron chi connectivity index (χ4n) is 8.31. The number of anilines is 1. The molecule has 30 nitrogen and oxygen atoms in total. The van der Waals surface area contributed by atoms with Gasteiger partial charge in [0.2, 0.25) is 5.91 Å². The van der Waals surface area contributed by atoms with E-state index in [0.717, 1.165) is 29.8 Å². The number of nitrogens with one attached hydrogen (secondary N) is 4. The van der Waals surface area contributed by atoms with Gasteiger partial charge in [-0.3, -0.25) is 9.59 Å². The van der Waals surface area contributed by atoms with Gasteiger partial charge < -0.3 is 79.3 Å². The lowest BCUT2D eigenvalue weighted by Gasteiger charge is -2.14. The number of rotatable bonds is 45. The smallest absolute Gasteiger partial charge is 0.379 e. The Labute approximate surface area is 601 Å². The highest BCUT2D eigenvalue weighted by Crippen LogP contribution is 2.52. The quantitative estimate of drug-likeness (QED) is 0.0243. The minimum absolute atomic E-state index is 0.0729. The molecule has 4 aromatic carbocycles. The fourth-order valence-corrected chi connectivity index (χ4v) is 8.31. The zero-order valence-electron chi connectivity index (χ0n) is 57.9. The molecule has 552 valence electrons. The van der Waals surface area contributed by atoms with Gasteiger partial charge >= 0.3 is 17.9 Å². The van der Waals surface area contributed by atoms with E-state index in [4.69, 9.17) is 68.9 Å². The van der Waals surface area contributed by atoms with Crippen LogP contribution < -0.4 is 27.0 Å². The van der Waals surface area contributed by atoms with E-state index in [1.807, 2.05) is 38.4 Å². The maximum Gasteiger partial charge on any atom is 0.442 e. The maximum atomic E-state index is 13.0. The minimum Gasteiger partial charge on any atom is -0.379 e. The molecular weight excluding hydrogens is 1360 g/mol. The number of hydrogen-bond acceptors (Lipinski definition) is 24. The number of hydrogen-bond donors (Lipinski definition) is 5. The third-order valence-corrected chi connectivity index (χ3v) is 13.5. The van der Waals surface area contributed by atoms with Gasteiger partial charge in [-0.25, -0.2) is 14.2 Å². The Kier molecular flexibility index (Phi) is 41.0. The monoisotopic (exact) mass is 1440 g/mol. The second-order valence-corrected chi connectivity index (χ2v) is 21.7. The fraction of sp³-hybridized carbons (Fsp3) is 0.437. The summed E-state index contributed by atoms with van der Waals surface area (Å²) >= 11 is 0. The minimum atomic E-state index is -4.62. The molecule has 0 saturated heterocycles. The van der Waals surface area contributed by atoms with Crippen molar-refractivity contribution in [1.82, 2.24) is 50.8 Å². The Morgan fingerprint density at radius 1 is 0.519 bits per heavy atom. The first-order valence-electron chi connectivity index (χ1n) is 32.8. The number of nitrogens with two attached hydrogens (primary N) is 1. The van der Waals surface area contributed by atoms with Crippen molar-refractivity contribution in [1.29, 1.82) is 15.8 Å². The molecule has 0 aliphatic carbocycles. The summed E-state index contributed by atoms with van der Waals surface area (Å²) in [7, 11) is 3.99. The number of halogens is 3. The molecule has 0 radical (unpaired) electrons. The summed E-state index contributed by atoms with van der Waals surface area (Å²) in [6, 6.07) is 31.3. The average molecular weight is 1440 g/mol. The normalized spacial score (nSPS) is 11.4. The Hall–Kier alpha value is -10.6. The number of ether oxygens (including phenoxy) is 10. The Morgan fingerprint density at radius 2 is 0.942 bits per heavy atom. The number of benzene rings is 4. The Bertz CT molecular complexity index is 3840. The molecule has 6 aromatic rings. The van der Waals surface area contributed by atoms with E-state index in [0.29, 0.717) is 180 Å². The van der Waals surface area contributed by atoms with Crippen LogP contribution in [0.2, 0.25) is 0 Å². The van der Waals surface area contributed by atoms with Crippen LogP contribution in [0.1, 0.15) is 56.8 Å². The molecule has 0 atom stereocenters. The molecular formula is C71H84F3N17O13. The van der Waals surface area contributed by atoms with Gasteiger partial charge in [0.15, 0.2) is 18.2 Å². The van der Waals surface area contributed by atoms with Crippen molar-refractivity contribution in [3.63, 3.8) is 0 Å². The first-order valence-corrected chi connectivity index (χ1v) is 32.8. The Morgan fingerprint density at radius 3 is 1.38 bits per heavy atom. The summed E-state index contributed by atoms with van der Waals surface area (Å²) in [6.45, 7) is 11.5. The zero-order valence-corrected chi connectivity index (χ0v) is 57.9. The van der Waals surface area contributed by atoms with Crippen LogP contribution in [0.15, 0.2) is 120 Å². The van der Waals surface area contributed by atoms with Gasteiger partial charge in [0, 0.05) is 77.3 Å². The van der Waals surface area contributed by atoms with Crippen LogP contribution in [0.3, 0.4) is 0 Å². The summed E-state index contributed by atoms with van der Waals surface area (Å²) in [5.41, 5.74) is 8.44. The van der Waals surface area contributed by atoms with Crippen LogP contribution >= 0.6 is 0 Å². The summed E-state index contributed by atoms with van der Waals surface area (Å²) in [4.78, 5) is 37.9. The van der Waals surface area contributed by atoms with E-state index in [2.05, 4.69) is 92.5 Å². The molecule has 6 N–H and O–H groups in total. The van der Waals surface area contributed by atoms with Gasteiger partial charge in [0.05, 0.1) is 162 Å². The van der Waals surface area contributed by atoms with E-state index < -0.39 is 17.7 Å². The predicted octanol–water partition coefficient (Wildman–Crippen LogP) is 5.16. The molecule has 0 fully saturated rings. The number of aromatic nitrogens is 6. The lowest BCUT2D eigenvalue weighted by Crippen LogP contribution is -2.31. The van der Waals surface area contributed by atoms with E-state index in [-0.39, 0.29) is 36.0 Å². The van der Waals surface area contributed by atoms with Gasteiger partial charge in [-0.1, -0.05) is 40.3 Å². The molecule has 3 heterocycles. The highest BCUT2D eigenvalue weighted by atomic mass is 19.4. The van der Waals surface area contributed by atoms with E-state index in [1.165, 1.54) is 28.9 Å². The molecule has 104 heavy (non-hydrogen) atoms. The summed E-state index contributed by atoms with van der Waals surface area (Å²) in [5, 5.41) is 58.8. The molecule has 1 aliphatic heterocycles. The van der Waals surface area contributed by atoms with Gasteiger partial charge in [-0.15, -0.1) is 20.4 Å². The van der Waals surface area contributed by atoms with Crippen molar-refractivity contribution < 1.29 is 74.9 Å². The van der Waals surface area contributed by atoms with Gasteiger partial charge in [-0.2, -0.15) is 29.0 Å². The SMILES string of the molecule is CN(C)CCCNC(=O)Nc1ccc(C#CC#N)cc1.N#CC#Cc1ccc(-n2cc(CNC(=O)c3ccc(C4(C(F)(F)F)N=N4)cc3)nn2)cc1.N#CC#Cc1ccc(-n2cc(COCCOCCOCCOCCOCCC(=O)NCCOCCOCCOCCOCCOCCN)nn2)cc1. The summed E-state index contributed by atoms with van der Waals surface area (Å²) in [5.74, 6) is 14.5. The zero-order chi connectivity index (χ0) is 74.6. The van der Waals surface area contributed by atoms with Crippen molar-refractivity contribution in [2.45, 2.75) is 37.8 Å². The van der Waals surface area contributed by atoms with Crippen molar-refractivity contribution in [3.05, 3.63) is 149 Å². The summed E-state index contributed by atoms with van der Waals surface area (Å²) < 4.78 is 96.7. The van der Waals surface area contributed by atoms with Crippen LogP contribution in [-0.4, -0.2) is 225 Å². The molecule has 0 saturated carbocycles. The van der Waals surface area contributed by atoms with Gasteiger partial charge in [0.25, 0.3) is 5.91 Å². The van der Waals surface area contributed by atoms with Gasteiger partial charge in [0.1, 0.15) is 11.4 Å². The van der Waals surface area contributed by atoms with Crippen LogP contribution in [-0.2, 0) is 71.0 Å². The number of nitrogens with zero attached hydrogens (tertiary/aromatic N) is 12. The Balaban J connectivity index is 0.000000314. The second kappa shape index (κ2) is 50.7. The molecule has 0 spiro atoms. The number of carbonyl (C=O) groups is 3. The van der Waals surface area contributed by atoms with Crippen molar-refractivity contribution in [3.8, 4) is 65.1 Å². The van der Waals surface area contributed by atoms with Crippen molar-refractivity contribution >= 4 is 23.5 Å². The lowest BCUT2D eigenvalue weighted by molar-refractivity contribution is -0.166. The highest BCUT2D eigenvalue weighted by Gasteiger charge is 2.65. The molecule has 0 unspecified atom stereocenters. The van der Waals surface area contributed by atoms with Crippen LogP contribution in [0.4, 0.5) is 23.7 Å². The van der Waals surface area contributed by atoms with E-state index in [9.17, 15) is 27.6 Å².